The molecule has 1 aliphatic rings. The Morgan fingerprint density at radius 2 is 2.32 bits per heavy atom. The maximum Gasteiger partial charge on any atom is 0.227 e. The normalized spacial score (nSPS) is 19.2. The number of fused-ring (bicyclic) bond motifs is 1. The molecule has 104 valence electrons. The van der Waals surface area contributed by atoms with Crippen molar-refractivity contribution in [2.45, 2.75) is 32.2 Å². The Kier molecular flexibility index (Phi) is 5.08. The first-order valence-electron chi connectivity index (χ1n) is 6.77. The van der Waals surface area contributed by atoms with Crippen LogP contribution in [0.2, 0.25) is 0 Å². The third kappa shape index (κ3) is 3.87. The summed E-state index contributed by atoms with van der Waals surface area (Å²) >= 11 is 5.65. The van der Waals surface area contributed by atoms with E-state index in [2.05, 4.69) is 5.32 Å². The van der Waals surface area contributed by atoms with Crippen molar-refractivity contribution in [3.05, 3.63) is 29.8 Å². The second-order valence-corrected chi connectivity index (χ2v) is 5.44. The second-order valence-electron chi connectivity index (χ2n) is 5.06. The molecule has 1 amide bonds. The van der Waals surface area contributed by atoms with E-state index >= 15 is 0 Å². The van der Waals surface area contributed by atoms with E-state index in [0.717, 1.165) is 30.6 Å². The molecule has 3 nitrogen and oxygen atoms in total. The molecule has 0 aromatic heterocycles. The summed E-state index contributed by atoms with van der Waals surface area (Å²) in [6, 6.07) is 8.07. The molecule has 2 atom stereocenters. The van der Waals surface area contributed by atoms with E-state index in [-0.39, 0.29) is 17.9 Å². The monoisotopic (exact) mass is 281 g/mol. The highest BCUT2D eigenvalue weighted by atomic mass is 35.5. The molecule has 2 unspecified atom stereocenters. The Bertz CT molecular complexity index is 436. The largest absolute Gasteiger partial charge is 0.492 e. The summed E-state index contributed by atoms with van der Waals surface area (Å²) in [6.07, 6.45) is 2.59. The second kappa shape index (κ2) is 6.80. The van der Waals surface area contributed by atoms with Crippen LogP contribution in [-0.4, -0.2) is 24.4 Å². The molecule has 0 bridgehead atoms. The zero-order valence-electron chi connectivity index (χ0n) is 11.2. The fourth-order valence-electron chi connectivity index (χ4n) is 2.31. The van der Waals surface area contributed by atoms with Crippen molar-refractivity contribution in [3.8, 4) is 5.75 Å². The first-order valence-corrected chi connectivity index (χ1v) is 7.31. The molecule has 4 heteroatoms. The van der Waals surface area contributed by atoms with Gasteiger partial charge in [0, 0.05) is 11.9 Å². The third-order valence-electron chi connectivity index (χ3n) is 3.41. The number of carbonyl (C=O) groups is 1. The summed E-state index contributed by atoms with van der Waals surface area (Å²) in [5.41, 5.74) is 1.11. The maximum atomic E-state index is 12.2. The molecule has 0 spiro atoms. The lowest BCUT2D eigenvalue weighted by molar-refractivity contribution is -0.126. The van der Waals surface area contributed by atoms with Crippen LogP contribution >= 0.6 is 11.6 Å². The van der Waals surface area contributed by atoms with Gasteiger partial charge in [-0.15, -0.1) is 11.6 Å². The lowest BCUT2D eigenvalue weighted by Crippen LogP contribution is -2.41. The van der Waals surface area contributed by atoms with Crippen LogP contribution in [0.15, 0.2) is 24.3 Å². The standard InChI is InChI=1S/C15H20ClNO2/c1-11(5-4-8-16)17-15(18)13-9-12-6-2-3-7-14(12)19-10-13/h2-3,6-7,11,13H,4-5,8-10H2,1H3,(H,17,18). The highest BCUT2D eigenvalue weighted by Gasteiger charge is 2.26. The number of amides is 1. The Morgan fingerprint density at radius 3 is 3.11 bits per heavy atom. The van der Waals surface area contributed by atoms with Crippen LogP contribution in [0.4, 0.5) is 0 Å². The number of carbonyl (C=O) groups excluding carboxylic acids is 1. The fraction of sp³-hybridized carbons (Fsp3) is 0.533. The number of alkyl halides is 1. The van der Waals surface area contributed by atoms with Crippen molar-refractivity contribution in [1.82, 2.24) is 5.32 Å². The van der Waals surface area contributed by atoms with Crippen LogP contribution < -0.4 is 10.1 Å². The van der Waals surface area contributed by atoms with Crippen molar-refractivity contribution in [2.24, 2.45) is 5.92 Å². The van der Waals surface area contributed by atoms with Gasteiger partial charge in [-0.3, -0.25) is 4.79 Å². The van der Waals surface area contributed by atoms with Crippen molar-refractivity contribution < 1.29 is 9.53 Å². The molecule has 1 heterocycles. The molecule has 0 fully saturated rings. The molecule has 1 N–H and O–H groups in total. The zero-order valence-corrected chi connectivity index (χ0v) is 12.0. The van der Waals surface area contributed by atoms with Crippen LogP contribution in [-0.2, 0) is 11.2 Å². The number of para-hydroxylation sites is 1. The lowest BCUT2D eigenvalue weighted by atomic mass is 9.95. The topological polar surface area (TPSA) is 38.3 Å². The zero-order chi connectivity index (χ0) is 13.7. The van der Waals surface area contributed by atoms with Gasteiger partial charge in [-0.1, -0.05) is 18.2 Å². The number of hydrogen-bond acceptors (Lipinski definition) is 2. The molecule has 0 saturated heterocycles. The Hall–Kier alpha value is -1.22. The number of halogens is 1. The Labute approximate surface area is 119 Å². The van der Waals surface area contributed by atoms with Gasteiger partial charge in [0.1, 0.15) is 12.4 Å². The molecule has 1 aliphatic heterocycles. The number of hydrogen-bond donors (Lipinski definition) is 1. The molecule has 1 aromatic rings. The van der Waals surface area contributed by atoms with E-state index in [4.69, 9.17) is 16.3 Å². The maximum absolute atomic E-state index is 12.2. The molecule has 19 heavy (non-hydrogen) atoms. The predicted molar refractivity (Wildman–Crippen MR) is 76.7 cm³/mol. The number of rotatable bonds is 5. The summed E-state index contributed by atoms with van der Waals surface area (Å²) in [6.45, 7) is 2.48. The minimum atomic E-state index is -0.0895. The van der Waals surface area contributed by atoms with E-state index in [1.54, 1.807) is 0 Å². The SMILES string of the molecule is CC(CCCCl)NC(=O)C1COc2ccccc2C1. The van der Waals surface area contributed by atoms with Crippen LogP contribution in [0.5, 0.6) is 5.75 Å². The van der Waals surface area contributed by atoms with Gasteiger partial charge < -0.3 is 10.1 Å². The minimum absolute atomic E-state index is 0.0802. The van der Waals surface area contributed by atoms with Crippen LogP contribution in [0.25, 0.3) is 0 Å². The molecule has 0 aliphatic carbocycles. The van der Waals surface area contributed by atoms with E-state index in [1.807, 2.05) is 31.2 Å². The van der Waals surface area contributed by atoms with Crippen molar-refractivity contribution in [2.75, 3.05) is 12.5 Å². The van der Waals surface area contributed by atoms with E-state index in [0.29, 0.717) is 12.5 Å². The summed E-state index contributed by atoms with van der Waals surface area (Å²) in [7, 11) is 0. The van der Waals surface area contributed by atoms with Gasteiger partial charge in [-0.05, 0) is 37.8 Å². The molecule has 1 aromatic carbocycles. The summed E-state index contributed by atoms with van der Waals surface area (Å²) < 4.78 is 5.64. The average Bonchev–Trinajstić information content (AvgIpc) is 2.44. The van der Waals surface area contributed by atoms with Gasteiger partial charge in [-0.25, -0.2) is 0 Å². The highest BCUT2D eigenvalue weighted by Crippen LogP contribution is 2.26. The molecular weight excluding hydrogens is 262 g/mol. The summed E-state index contributed by atoms with van der Waals surface area (Å²) in [5, 5.41) is 3.04. The van der Waals surface area contributed by atoms with E-state index in [1.165, 1.54) is 0 Å². The van der Waals surface area contributed by atoms with Gasteiger partial charge in [0.2, 0.25) is 5.91 Å². The fourth-order valence-corrected chi connectivity index (χ4v) is 2.47. The predicted octanol–water partition coefficient (Wildman–Crippen LogP) is 2.76. The number of benzene rings is 1. The first kappa shape index (κ1) is 14.2. The minimum Gasteiger partial charge on any atom is -0.492 e. The van der Waals surface area contributed by atoms with Gasteiger partial charge >= 0.3 is 0 Å². The highest BCUT2D eigenvalue weighted by molar-refractivity contribution is 6.17. The summed E-state index contributed by atoms with van der Waals surface area (Å²) in [4.78, 5) is 12.2. The number of nitrogens with one attached hydrogen (secondary N) is 1. The quantitative estimate of drug-likeness (QED) is 0.843. The smallest absolute Gasteiger partial charge is 0.227 e. The van der Waals surface area contributed by atoms with Gasteiger partial charge in [0.05, 0.1) is 5.92 Å². The number of ether oxygens (including phenoxy) is 1. The summed E-state index contributed by atoms with van der Waals surface area (Å²) in [5.74, 6) is 1.53. The third-order valence-corrected chi connectivity index (χ3v) is 3.68. The van der Waals surface area contributed by atoms with Crippen molar-refractivity contribution >= 4 is 17.5 Å². The van der Waals surface area contributed by atoms with Gasteiger partial charge in [0.25, 0.3) is 0 Å². The molecule has 0 radical (unpaired) electrons. The van der Waals surface area contributed by atoms with Crippen molar-refractivity contribution in [3.63, 3.8) is 0 Å². The van der Waals surface area contributed by atoms with Crippen LogP contribution in [0.3, 0.4) is 0 Å². The van der Waals surface area contributed by atoms with E-state index in [9.17, 15) is 4.79 Å². The van der Waals surface area contributed by atoms with Gasteiger partial charge in [0.15, 0.2) is 0 Å². The first-order chi connectivity index (χ1) is 9.20. The van der Waals surface area contributed by atoms with Crippen molar-refractivity contribution in [1.29, 1.82) is 0 Å². The van der Waals surface area contributed by atoms with E-state index < -0.39 is 0 Å². The Morgan fingerprint density at radius 1 is 1.53 bits per heavy atom. The molecule has 2 rings (SSSR count). The Balaban J connectivity index is 1.88. The average molecular weight is 282 g/mol. The van der Waals surface area contributed by atoms with Crippen LogP contribution in [0, 0.1) is 5.92 Å². The van der Waals surface area contributed by atoms with Crippen LogP contribution in [0.1, 0.15) is 25.3 Å². The molecule has 0 saturated carbocycles. The van der Waals surface area contributed by atoms with Gasteiger partial charge in [-0.2, -0.15) is 0 Å². The lowest BCUT2D eigenvalue weighted by Gasteiger charge is -2.25. The molecular formula is C15H20ClNO2.